The van der Waals surface area contributed by atoms with Crippen molar-refractivity contribution >= 4 is 41.8 Å². The van der Waals surface area contributed by atoms with Gasteiger partial charge in [-0.05, 0) is 0 Å². The monoisotopic (exact) mass is 364 g/mol. The molecule has 2 aromatic rings. The van der Waals surface area contributed by atoms with Gasteiger partial charge in [0.25, 0.3) is 0 Å². The van der Waals surface area contributed by atoms with Gasteiger partial charge in [0.05, 0.1) is 20.0 Å². The second-order valence-corrected chi connectivity index (χ2v) is 4.87. The molecule has 1 aliphatic heterocycles. The van der Waals surface area contributed by atoms with Crippen molar-refractivity contribution in [3.63, 3.8) is 0 Å². The van der Waals surface area contributed by atoms with E-state index >= 15 is 0 Å². The molecule has 1 aliphatic rings. The van der Waals surface area contributed by atoms with Crippen molar-refractivity contribution in [3.8, 4) is 6.01 Å². The summed E-state index contributed by atoms with van der Waals surface area (Å²) in [7, 11) is 3.26. The number of hydrogen-bond donors (Lipinski definition) is 1. The first kappa shape index (κ1) is 19.7. The molecule has 0 aliphatic carbocycles. The third kappa shape index (κ3) is 4.14. The highest BCUT2D eigenvalue weighted by atomic mass is 35.5. The molecule has 0 bridgehead atoms. The largest absolute Gasteiger partial charge is 0.467 e. The third-order valence-corrected chi connectivity index (χ3v) is 3.56. The lowest BCUT2D eigenvalue weighted by Gasteiger charge is -2.28. The lowest BCUT2D eigenvalue weighted by atomic mass is 10.3. The van der Waals surface area contributed by atoms with Gasteiger partial charge in [-0.1, -0.05) is 0 Å². The first-order valence-electron chi connectivity index (χ1n) is 7.05. The molecule has 0 atom stereocenters. The second-order valence-electron chi connectivity index (χ2n) is 4.87. The van der Waals surface area contributed by atoms with Crippen LogP contribution < -0.4 is 15.0 Å². The van der Waals surface area contributed by atoms with Gasteiger partial charge in [0.15, 0.2) is 17.0 Å². The molecule has 0 aromatic carbocycles. The van der Waals surface area contributed by atoms with E-state index in [1.807, 2.05) is 4.57 Å². The van der Waals surface area contributed by atoms with Crippen LogP contribution in [0.3, 0.4) is 0 Å². The topological polar surface area (TPSA) is 77.3 Å². The minimum Gasteiger partial charge on any atom is -0.467 e. The Bertz CT molecular complexity index is 618. The zero-order valence-electron chi connectivity index (χ0n) is 13.2. The number of nitrogens with one attached hydrogen (secondary N) is 1. The Kier molecular flexibility index (Phi) is 7.77. The van der Waals surface area contributed by atoms with Gasteiger partial charge in [0.2, 0.25) is 0 Å². The molecule has 0 unspecified atom stereocenters. The van der Waals surface area contributed by atoms with Crippen LogP contribution in [-0.4, -0.2) is 66.5 Å². The Hall–Kier alpha value is -1.35. The van der Waals surface area contributed by atoms with Gasteiger partial charge < -0.3 is 24.3 Å². The molecule has 0 amide bonds. The number of fused-ring (bicyclic) bond motifs is 1. The van der Waals surface area contributed by atoms with E-state index in [1.165, 1.54) is 0 Å². The van der Waals surface area contributed by atoms with Crippen LogP contribution in [0.5, 0.6) is 6.01 Å². The number of ether oxygens (including phenoxy) is 2. The van der Waals surface area contributed by atoms with Gasteiger partial charge in [-0.15, -0.1) is 24.8 Å². The lowest BCUT2D eigenvalue weighted by molar-refractivity contribution is 0.188. The van der Waals surface area contributed by atoms with E-state index in [0.29, 0.717) is 19.2 Å². The molecular weight excluding hydrogens is 343 g/mol. The lowest BCUT2D eigenvalue weighted by Crippen LogP contribution is -2.44. The van der Waals surface area contributed by atoms with Gasteiger partial charge in [0, 0.05) is 39.8 Å². The van der Waals surface area contributed by atoms with E-state index in [4.69, 9.17) is 9.47 Å². The first-order chi connectivity index (χ1) is 10.3. The molecule has 1 saturated heterocycles. The average molecular weight is 365 g/mol. The van der Waals surface area contributed by atoms with Crippen molar-refractivity contribution in [2.75, 3.05) is 51.9 Å². The number of halogens is 2. The van der Waals surface area contributed by atoms with E-state index in [2.05, 4.69) is 25.2 Å². The van der Waals surface area contributed by atoms with Gasteiger partial charge in [-0.25, -0.2) is 4.98 Å². The summed E-state index contributed by atoms with van der Waals surface area (Å²) < 4.78 is 12.3. The number of aromatic nitrogens is 4. The molecule has 2 aromatic heterocycles. The van der Waals surface area contributed by atoms with Gasteiger partial charge >= 0.3 is 6.01 Å². The highest BCUT2D eigenvalue weighted by Gasteiger charge is 2.20. The normalized spacial score (nSPS) is 14.3. The summed E-state index contributed by atoms with van der Waals surface area (Å²) in [6, 6.07) is 0.371. The highest BCUT2D eigenvalue weighted by molar-refractivity contribution is 5.85. The minimum absolute atomic E-state index is 0. The number of imidazole rings is 1. The molecule has 10 heteroatoms. The number of methoxy groups -OCH3 is 2. The fraction of sp³-hybridized carbons (Fsp3) is 0.615. The van der Waals surface area contributed by atoms with Crippen LogP contribution in [0.25, 0.3) is 11.2 Å². The minimum atomic E-state index is 0. The van der Waals surface area contributed by atoms with E-state index in [1.54, 1.807) is 20.5 Å². The van der Waals surface area contributed by atoms with E-state index in [-0.39, 0.29) is 24.8 Å². The number of hydrogen-bond acceptors (Lipinski definition) is 7. The van der Waals surface area contributed by atoms with Crippen molar-refractivity contribution in [1.82, 2.24) is 24.8 Å². The summed E-state index contributed by atoms with van der Waals surface area (Å²) in [6.45, 7) is 5.01. The Morgan fingerprint density at radius 1 is 1.17 bits per heavy atom. The van der Waals surface area contributed by atoms with Crippen LogP contribution in [0.4, 0.5) is 5.82 Å². The summed E-state index contributed by atoms with van der Waals surface area (Å²) in [4.78, 5) is 15.6. The zero-order chi connectivity index (χ0) is 14.7. The summed E-state index contributed by atoms with van der Waals surface area (Å²) in [5.74, 6) is 0.842. The molecule has 1 N–H and O–H groups in total. The van der Waals surface area contributed by atoms with Crippen LogP contribution in [-0.2, 0) is 11.3 Å². The molecule has 0 spiro atoms. The van der Waals surface area contributed by atoms with Crippen molar-refractivity contribution < 1.29 is 9.47 Å². The van der Waals surface area contributed by atoms with Gasteiger partial charge in [-0.2, -0.15) is 9.97 Å². The summed E-state index contributed by atoms with van der Waals surface area (Å²) >= 11 is 0. The van der Waals surface area contributed by atoms with E-state index in [9.17, 15) is 0 Å². The summed E-state index contributed by atoms with van der Waals surface area (Å²) in [5, 5.41) is 3.34. The van der Waals surface area contributed by atoms with Crippen molar-refractivity contribution in [1.29, 1.82) is 0 Å². The molecule has 8 nitrogen and oxygen atoms in total. The molecule has 130 valence electrons. The Labute approximate surface area is 147 Å². The first-order valence-corrected chi connectivity index (χ1v) is 7.05. The van der Waals surface area contributed by atoms with Crippen molar-refractivity contribution in [2.24, 2.45) is 0 Å². The zero-order valence-corrected chi connectivity index (χ0v) is 14.8. The van der Waals surface area contributed by atoms with Crippen molar-refractivity contribution in [2.45, 2.75) is 6.54 Å². The molecule has 0 saturated carbocycles. The number of piperazine rings is 1. The van der Waals surface area contributed by atoms with Crippen LogP contribution in [0.2, 0.25) is 0 Å². The smallest absolute Gasteiger partial charge is 0.320 e. The van der Waals surface area contributed by atoms with Crippen molar-refractivity contribution in [3.05, 3.63) is 6.33 Å². The quantitative estimate of drug-likeness (QED) is 0.837. The number of nitrogens with zero attached hydrogens (tertiary/aromatic N) is 5. The predicted molar refractivity (Wildman–Crippen MR) is 93.3 cm³/mol. The maximum atomic E-state index is 5.25. The van der Waals surface area contributed by atoms with Gasteiger partial charge in [0.1, 0.15) is 0 Å². The fourth-order valence-electron chi connectivity index (χ4n) is 2.45. The van der Waals surface area contributed by atoms with E-state index < -0.39 is 0 Å². The van der Waals surface area contributed by atoms with Crippen LogP contribution >= 0.6 is 24.8 Å². The summed E-state index contributed by atoms with van der Waals surface area (Å²) in [6.07, 6.45) is 1.78. The highest BCUT2D eigenvalue weighted by Crippen LogP contribution is 2.25. The average Bonchev–Trinajstić information content (AvgIpc) is 2.95. The molecule has 3 heterocycles. The molecule has 23 heavy (non-hydrogen) atoms. The summed E-state index contributed by atoms with van der Waals surface area (Å²) in [5.41, 5.74) is 1.60. The Balaban J connectivity index is 0.00000132. The molecule has 0 radical (unpaired) electrons. The third-order valence-electron chi connectivity index (χ3n) is 3.56. The number of anilines is 1. The maximum absolute atomic E-state index is 5.25. The SMILES string of the molecule is COCCn1cnc2c(N3CCNCC3)nc(OC)nc21.Cl.Cl. The maximum Gasteiger partial charge on any atom is 0.320 e. The Morgan fingerprint density at radius 2 is 1.91 bits per heavy atom. The van der Waals surface area contributed by atoms with E-state index in [0.717, 1.165) is 43.2 Å². The van der Waals surface area contributed by atoms with Crippen LogP contribution in [0.1, 0.15) is 0 Å². The van der Waals surface area contributed by atoms with Crippen LogP contribution in [0, 0.1) is 0 Å². The fourth-order valence-corrected chi connectivity index (χ4v) is 2.45. The predicted octanol–water partition coefficient (Wildman–Crippen LogP) is 0.734. The van der Waals surface area contributed by atoms with Crippen LogP contribution in [0.15, 0.2) is 6.33 Å². The molecule has 1 fully saturated rings. The Morgan fingerprint density at radius 3 is 2.57 bits per heavy atom. The standard InChI is InChI=1S/C13H20N6O2.2ClH/c1-20-8-7-19-9-15-10-11(18-5-3-14-4-6-18)16-13(21-2)17-12(10)19;;/h9,14H,3-8H2,1-2H3;2*1H. The second kappa shape index (κ2) is 9.07. The number of rotatable bonds is 5. The van der Waals surface area contributed by atoms with Gasteiger partial charge in [-0.3, -0.25) is 0 Å². The molecular formula is C13H22Cl2N6O2. The molecule has 3 rings (SSSR count).